The van der Waals surface area contributed by atoms with Gasteiger partial charge in [0.1, 0.15) is 11.6 Å². The highest BCUT2D eigenvalue weighted by molar-refractivity contribution is 5.48. The van der Waals surface area contributed by atoms with E-state index in [1.54, 1.807) is 0 Å². The topological polar surface area (TPSA) is 51.4 Å². The Hall–Kier alpha value is -1.29. The fourth-order valence-electron chi connectivity index (χ4n) is 2.11. The number of hydrogen-bond donors (Lipinski definition) is 1. The molecule has 0 radical (unpaired) electrons. The van der Waals surface area contributed by atoms with Gasteiger partial charge in [0.05, 0.1) is 18.6 Å². The number of nitrogen functional groups attached to an aromatic ring is 1. The maximum Gasteiger partial charge on any atom is 0.130 e. The van der Waals surface area contributed by atoms with Gasteiger partial charge in [-0.3, -0.25) is 0 Å². The van der Waals surface area contributed by atoms with Gasteiger partial charge in [-0.2, -0.15) is 0 Å². The van der Waals surface area contributed by atoms with Gasteiger partial charge in [-0.15, -0.1) is 0 Å². The van der Waals surface area contributed by atoms with E-state index < -0.39 is 0 Å². The lowest BCUT2D eigenvalue weighted by atomic mass is 9.78. The number of nitrogens with zero attached hydrogens (tertiary/aromatic N) is 2. The molecule has 0 unspecified atom stereocenters. The minimum absolute atomic E-state index is 0.437. The third kappa shape index (κ3) is 1.85. The summed E-state index contributed by atoms with van der Waals surface area (Å²) in [6.07, 6.45) is 0. The van der Waals surface area contributed by atoms with E-state index in [1.165, 1.54) is 0 Å². The van der Waals surface area contributed by atoms with Crippen molar-refractivity contribution in [3.05, 3.63) is 18.2 Å². The molecule has 4 heteroatoms. The summed E-state index contributed by atoms with van der Waals surface area (Å²) in [7, 11) is 0. The van der Waals surface area contributed by atoms with Crippen molar-refractivity contribution in [3.8, 4) is 0 Å². The fraction of sp³-hybridized carbons (Fsp3) is 0.583. The Balaban J connectivity index is 0.000000457. The predicted octanol–water partition coefficient (Wildman–Crippen LogP) is 1.53. The Morgan fingerprint density at radius 3 is 2.50 bits per heavy atom. The molecule has 2 fully saturated rings. The minimum Gasteiger partial charge on any atom is -0.384 e. The van der Waals surface area contributed by atoms with Crippen LogP contribution in [0.4, 0.5) is 11.6 Å². The van der Waals surface area contributed by atoms with E-state index in [0.29, 0.717) is 11.2 Å². The fourth-order valence-corrected chi connectivity index (χ4v) is 2.11. The normalized spacial score (nSPS) is 20.5. The molecule has 3 rings (SSSR count). The van der Waals surface area contributed by atoms with Gasteiger partial charge < -0.3 is 15.4 Å². The molecule has 0 saturated carbocycles. The first-order valence-corrected chi connectivity index (χ1v) is 5.83. The Morgan fingerprint density at radius 2 is 2.00 bits per heavy atom. The van der Waals surface area contributed by atoms with Crippen LogP contribution < -0.4 is 10.6 Å². The Morgan fingerprint density at radius 1 is 1.31 bits per heavy atom. The van der Waals surface area contributed by atoms with Crippen LogP contribution >= 0.6 is 0 Å². The summed E-state index contributed by atoms with van der Waals surface area (Å²) in [5.74, 6) is 1.58. The summed E-state index contributed by atoms with van der Waals surface area (Å²) in [5.41, 5.74) is 6.06. The molecule has 0 bridgehead atoms. The van der Waals surface area contributed by atoms with E-state index >= 15 is 0 Å². The van der Waals surface area contributed by atoms with Crippen molar-refractivity contribution in [1.29, 1.82) is 0 Å². The lowest BCUT2D eigenvalue weighted by Gasteiger charge is -2.55. The second-order valence-electron chi connectivity index (χ2n) is 4.27. The van der Waals surface area contributed by atoms with E-state index in [1.807, 2.05) is 32.0 Å². The van der Waals surface area contributed by atoms with Crippen LogP contribution in [0.2, 0.25) is 0 Å². The number of nitrogens with two attached hydrogens (primary N) is 1. The monoisotopic (exact) mass is 221 g/mol. The molecule has 2 aliphatic heterocycles. The molecule has 0 atom stereocenters. The third-order valence-electron chi connectivity index (χ3n) is 2.95. The van der Waals surface area contributed by atoms with Crippen LogP contribution in [0.5, 0.6) is 0 Å². The van der Waals surface area contributed by atoms with Gasteiger partial charge in [0.25, 0.3) is 0 Å². The lowest BCUT2D eigenvalue weighted by molar-refractivity contribution is -0.127. The Labute approximate surface area is 96.4 Å². The van der Waals surface area contributed by atoms with Crippen LogP contribution in [0.25, 0.3) is 0 Å². The molecule has 0 aliphatic carbocycles. The number of aromatic nitrogens is 1. The smallest absolute Gasteiger partial charge is 0.130 e. The van der Waals surface area contributed by atoms with Gasteiger partial charge in [0.2, 0.25) is 0 Å². The number of pyridine rings is 1. The van der Waals surface area contributed by atoms with Crippen molar-refractivity contribution >= 4 is 11.6 Å². The highest BCUT2D eigenvalue weighted by atomic mass is 16.5. The maximum atomic E-state index is 5.63. The second kappa shape index (κ2) is 4.29. The molecule has 2 N–H and O–H groups in total. The Kier molecular flexibility index (Phi) is 3.01. The largest absolute Gasteiger partial charge is 0.384 e. The van der Waals surface area contributed by atoms with Gasteiger partial charge in [-0.05, 0) is 12.1 Å². The van der Waals surface area contributed by atoms with Crippen LogP contribution in [-0.2, 0) is 4.74 Å². The lowest BCUT2D eigenvalue weighted by Crippen LogP contribution is -2.66. The quantitative estimate of drug-likeness (QED) is 0.781. The van der Waals surface area contributed by atoms with Gasteiger partial charge in [-0.1, -0.05) is 19.9 Å². The SMILES string of the molecule is CC.Nc1cccc(N2CC3(COC3)C2)n1. The summed E-state index contributed by atoms with van der Waals surface area (Å²) in [6.45, 7) is 7.94. The first-order valence-electron chi connectivity index (χ1n) is 5.83. The molecule has 4 nitrogen and oxygen atoms in total. The van der Waals surface area contributed by atoms with E-state index in [2.05, 4.69) is 9.88 Å². The first-order chi connectivity index (χ1) is 7.77. The van der Waals surface area contributed by atoms with Crippen LogP contribution in [0.15, 0.2) is 18.2 Å². The average Bonchev–Trinajstić information content (AvgIpc) is 2.17. The van der Waals surface area contributed by atoms with Crippen molar-refractivity contribution in [2.45, 2.75) is 13.8 Å². The van der Waals surface area contributed by atoms with Crippen molar-refractivity contribution in [2.24, 2.45) is 5.41 Å². The molecule has 1 aromatic heterocycles. The summed E-state index contributed by atoms with van der Waals surface area (Å²) in [4.78, 5) is 6.53. The van der Waals surface area contributed by atoms with Crippen LogP contribution in [0, 0.1) is 5.41 Å². The van der Waals surface area contributed by atoms with E-state index in [-0.39, 0.29) is 0 Å². The van der Waals surface area contributed by atoms with Gasteiger partial charge in [0, 0.05) is 13.1 Å². The van der Waals surface area contributed by atoms with Crippen molar-refractivity contribution in [2.75, 3.05) is 36.9 Å². The van der Waals surface area contributed by atoms with E-state index in [4.69, 9.17) is 10.5 Å². The number of hydrogen-bond acceptors (Lipinski definition) is 4. The molecule has 0 aromatic carbocycles. The maximum absolute atomic E-state index is 5.63. The van der Waals surface area contributed by atoms with Crippen LogP contribution in [-0.4, -0.2) is 31.3 Å². The molecule has 88 valence electrons. The average molecular weight is 221 g/mol. The van der Waals surface area contributed by atoms with Gasteiger partial charge >= 0.3 is 0 Å². The molecule has 2 saturated heterocycles. The molecular weight excluding hydrogens is 202 g/mol. The highest BCUT2D eigenvalue weighted by Crippen LogP contribution is 2.39. The summed E-state index contributed by atoms with van der Waals surface area (Å²) < 4.78 is 5.22. The summed E-state index contributed by atoms with van der Waals surface area (Å²) >= 11 is 0. The predicted molar refractivity (Wildman–Crippen MR) is 65.5 cm³/mol. The number of ether oxygens (including phenoxy) is 1. The Bertz CT molecular complexity index is 355. The third-order valence-corrected chi connectivity index (χ3v) is 2.95. The molecule has 16 heavy (non-hydrogen) atoms. The molecule has 1 spiro atoms. The zero-order valence-electron chi connectivity index (χ0n) is 9.94. The second-order valence-corrected chi connectivity index (χ2v) is 4.27. The number of rotatable bonds is 1. The van der Waals surface area contributed by atoms with Crippen LogP contribution in [0.1, 0.15) is 13.8 Å². The van der Waals surface area contributed by atoms with Crippen molar-refractivity contribution in [1.82, 2.24) is 4.98 Å². The highest BCUT2D eigenvalue weighted by Gasteiger charge is 2.49. The number of anilines is 2. The first kappa shape index (κ1) is 11.2. The van der Waals surface area contributed by atoms with Crippen molar-refractivity contribution < 1.29 is 4.74 Å². The van der Waals surface area contributed by atoms with E-state index in [0.717, 1.165) is 32.1 Å². The van der Waals surface area contributed by atoms with Gasteiger partial charge in [0.15, 0.2) is 0 Å². The molecule has 0 amide bonds. The molecule has 1 aromatic rings. The van der Waals surface area contributed by atoms with Crippen molar-refractivity contribution in [3.63, 3.8) is 0 Å². The molecule has 2 aliphatic rings. The minimum atomic E-state index is 0.437. The zero-order valence-corrected chi connectivity index (χ0v) is 9.94. The van der Waals surface area contributed by atoms with E-state index in [9.17, 15) is 0 Å². The van der Waals surface area contributed by atoms with Gasteiger partial charge in [-0.25, -0.2) is 4.98 Å². The summed E-state index contributed by atoms with van der Waals surface area (Å²) in [6, 6.07) is 5.76. The summed E-state index contributed by atoms with van der Waals surface area (Å²) in [5, 5.41) is 0. The standard InChI is InChI=1S/C10H13N3O.C2H6/c11-8-2-1-3-9(12-8)13-4-10(5-13)6-14-7-10;1-2/h1-3H,4-7H2,(H2,11,12);1-2H3. The molecule has 3 heterocycles. The zero-order chi connectivity index (χ0) is 11.6. The van der Waals surface area contributed by atoms with Crippen LogP contribution in [0.3, 0.4) is 0 Å². The molecular formula is C12H19N3O.